The Balaban J connectivity index is 2.62. The van der Waals surface area contributed by atoms with Crippen molar-refractivity contribution in [3.8, 4) is 0 Å². The summed E-state index contributed by atoms with van der Waals surface area (Å²) in [5, 5.41) is -0.204. The number of ether oxygens (including phenoxy) is 1. The number of Topliss-reactive ketones (excluding diaryl/α,β-unsaturated/α-hetero) is 1. The predicted octanol–water partition coefficient (Wildman–Crippen LogP) is 1.05. The van der Waals surface area contributed by atoms with Crippen LogP contribution in [0.15, 0.2) is 0 Å². The number of thiol groups is 1. The average molecular weight is 160 g/mol. The van der Waals surface area contributed by atoms with E-state index in [0.29, 0.717) is 0 Å². The molecule has 0 N–H and O–H groups in total. The van der Waals surface area contributed by atoms with Crippen LogP contribution in [0.5, 0.6) is 0 Å². The average Bonchev–Trinajstić information content (AvgIpc) is 2.17. The van der Waals surface area contributed by atoms with Gasteiger partial charge in [0.05, 0.1) is 11.4 Å². The van der Waals surface area contributed by atoms with Gasteiger partial charge in [0.2, 0.25) is 0 Å². The van der Waals surface area contributed by atoms with Gasteiger partial charge in [-0.2, -0.15) is 12.6 Å². The molecule has 0 aromatic carbocycles. The normalized spacial score (nSPS) is 40.7. The van der Waals surface area contributed by atoms with Crippen LogP contribution in [0.4, 0.5) is 0 Å². The van der Waals surface area contributed by atoms with E-state index < -0.39 is 0 Å². The van der Waals surface area contributed by atoms with E-state index in [1.54, 1.807) is 0 Å². The van der Waals surface area contributed by atoms with Crippen molar-refractivity contribution in [3.63, 3.8) is 0 Å². The first-order chi connectivity index (χ1) is 4.66. The summed E-state index contributed by atoms with van der Waals surface area (Å²) in [5.41, 5.74) is 0. The maximum atomic E-state index is 11.1. The molecule has 0 aromatic heterocycles. The van der Waals surface area contributed by atoms with Crippen molar-refractivity contribution < 1.29 is 9.53 Å². The third-order valence-electron chi connectivity index (χ3n) is 1.80. The van der Waals surface area contributed by atoms with Crippen LogP contribution in [0, 0.1) is 0 Å². The summed E-state index contributed by atoms with van der Waals surface area (Å²) in [5.74, 6) is 0.137. The van der Waals surface area contributed by atoms with Gasteiger partial charge in [-0.15, -0.1) is 0 Å². The van der Waals surface area contributed by atoms with Gasteiger partial charge in [-0.25, -0.2) is 0 Å². The zero-order valence-electron chi connectivity index (χ0n) is 6.20. The molecule has 3 unspecified atom stereocenters. The molecular formula is C7H12O2S. The summed E-state index contributed by atoms with van der Waals surface area (Å²) >= 11 is 4.12. The van der Waals surface area contributed by atoms with Crippen LogP contribution in [0.25, 0.3) is 0 Å². The maximum Gasteiger partial charge on any atom is 0.176 e. The molecule has 0 radical (unpaired) electrons. The van der Waals surface area contributed by atoms with Gasteiger partial charge >= 0.3 is 0 Å². The van der Waals surface area contributed by atoms with E-state index in [1.807, 2.05) is 13.8 Å². The van der Waals surface area contributed by atoms with Crippen LogP contribution < -0.4 is 0 Å². The third-order valence-corrected chi connectivity index (χ3v) is 2.48. The standard InChI is InChI=1S/C7H12O2S/c1-3-5-6(8)7(10)4(2)9-5/h4-5,7,10H,3H2,1-2H3. The summed E-state index contributed by atoms with van der Waals surface area (Å²) in [6.07, 6.45) is 0.554. The van der Waals surface area contributed by atoms with E-state index in [0.717, 1.165) is 6.42 Å². The number of hydrogen-bond donors (Lipinski definition) is 1. The van der Waals surface area contributed by atoms with E-state index in [1.165, 1.54) is 0 Å². The second-order valence-corrected chi connectivity index (χ2v) is 3.14. The van der Waals surface area contributed by atoms with E-state index in [-0.39, 0.29) is 23.2 Å². The van der Waals surface area contributed by atoms with Gasteiger partial charge in [0.25, 0.3) is 0 Å². The van der Waals surface area contributed by atoms with Crippen LogP contribution in [0.1, 0.15) is 20.3 Å². The highest BCUT2D eigenvalue weighted by molar-refractivity contribution is 7.81. The third kappa shape index (κ3) is 1.20. The molecule has 3 atom stereocenters. The van der Waals surface area contributed by atoms with Crippen LogP contribution >= 0.6 is 12.6 Å². The topological polar surface area (TPSA) is 26.3 Å². The molecule has 3 heteroatoms. The second-order valence-electron chi connectivity index (χ2n) is 2.59. The zero-order valence-corrected chi connectivity index (χ0v) is 7.10. The Hall–Kier alpha value is -0.0200. The molecule has 0 aromatic rings. The second kappa shape index (κ2) is 2.93. The molecule has 0 aliphatic carbocycles. The van der Waals surface area contributed by atoms with Gasteiger partial charge in [0.15, 0.2) is 5.78 Å². The minimum atomic E-state index is -0.204. The highest BCUT2D eigenvalue weighted by atomic mass is 32.1. The minimum absolute atomic E-state index is 0.0132. The SMILES string of the molecule is CCC1OC(C)C(S)C1=O. The van der Waals surface area contributed by atoms with Gasteiger partial charge in [-0.05, 0) is 13.3 Å². The van der Waals surface area contributed by atoms with Gasteiger partial charge in [0.1, 0.15) is 6.10 Å². The van der Waals surface area contributed by atoms with E-state index in [2.05, 4.69) is 12.6 Å². The Morgan fingerprint density at radius 3 is 2.50 bits per heavy atom. The van der Waals surface area contributed by atoms with Crippen molar-refractivity contribution in [3.05, 3.63) is 0 Å². The Labute approximate surface area is 66.4 Å². The number of ketones is 1. The van der Waals surface area contributed by atoms with Crippen molar-refractivity contribution >= 4 is 18.4 Å². The highest BCUT2D eigenvalue weighted by Gasteiger charge is 2.37. The van der Waals surface area contributed by atoms with Gasteiger partial charge in [-0.1, -0.05) is 6.92 Å². The summed E-state index contributed by atoms with van der Waals surface area (Å²) < 4.78 is 5.31. The van der Waals surface area contributed by atoms with Crippen molar-refractivity contribution in [2.75, 3.05) is 0 Å². The van der Waals surface area contributed by atoms with Gasteiger partial charge in [-0.3, -0.25) is 4.79 Å². The Bertz CT molecular complexity index is 147. The monoisotopic (exact) mass is 160 g/mol. The first-order valence-corrected chi connectivity index (χ1v) is 4.05. The first kappa shape index (κ1) is 8.08. The van der Waals surface area contributed by atoms with E-state index in [9.17, 15) is 4.79 Å². The summed E-state index contributed by atoms with van der Waals surface area (Å²) in [6, 6.07) is 0. The van der Waals surface area contributed by atoms with Gasteiger partial charge < -0.3 is 4.74 Å². The van der Waals surface area contributed by atoms with Crippen molar-refractivity contribution in [2.45, 2.75) is 37.7 Å². The molecule has 0 bridgehead atoms. The fourth-order valence-corrected chi connectivity index (χ4v) is 1.36. The summed E-state index contributed by atoms with van der Waals surface area (Å²) in [7, 11) is 0. The lowest BCUT2D eigenvalue weighted by molar-refractivity contribution is -0.122. The molecule has 1 rings (SSSR count). The first-order valence-electron chi connectivity index (χ1n) is 3.54. The van der Waals surface area contributed by atoms with Crippen LogP contribution in [-0.4, -0.2) is 23.2 Å². The van der Waals surface area contributed by atoms with Crippen molar-refractivity contribution in [1.29, 1.82) is 0 Å². The van der Waals surface area contributed by atoms with Crippen LogP contribution in [0.3, 0.4) is 0 Å². The fourth-order valence-electron chi connectivity index (χ4n) is 1.12. The predicted molar refractivity (Wildman–Crippen MR) is 42.4 cm³/mol. The molecule has 2 nitrogen and oxygen atoms in total. The number of hydrogen-bond acceptors (Lipinski definition) is 3. The molecule has 10 heavy (non-hydrogen) atoms. The minimum Gasteiger partial charge on any atom is -0.366 e. The molecule has 0 saturated carbocycles. The van der Waals surface area contributed by atoms with E-state index in [4.69, 9.17) is 4.74 Å². The Morgan fingerprint density at radius 2 is 2.30 bits per heavy atom. The molecule has 1 fully saturated rings. The Morgan fingerprint density at radius 1 is 1.70 bits per heavy atom. The summed E-state index contributed by atoms with van der Waals surface area (Å²) in [4.78, 5) is 11.1. The van der Waals surface area contributed by atoms with Gasteiger partial charge in [0, 0.05) is 0 Å². The van der Waals surface area contributed by atoms with Crippen LogP contribution in [0.2, 0.25) is 0 Å². The zero-order chi connectivity index (χ0) is 7.72. The lowest BCUT2D eigenvalue weighted by Crippen LogP contribution is -2.20. The fraction of sp³-hybridized carbons (Fsp3) is 0.857. The molecule has 1 heterocycles. The van der Waals surface area contributed by atoms with Crippen molar-refractivity contribution in [1.82, 2.24) is 0 Å². The largest absolute Gasteiger partial charge is 0.366 e. The molecular weight excluding hydrogens is 148 g/mol. The highest BCUT2D eigenvalue weighted by Crippen LogP contribution is 2.22. The number of rotatable bonds is 1. The lowest BCUT2D eigenvalue weighted by atomic mass is 10.1. The van der Waals surface area contributed by atoms with Crippen LogP contribution in [-0.2, 0) is 9.53 Å². The molecule has 1 saturated heterocycles. The quantitative estimate of drug-likeness (QED) is 0.580. The maximum absolute atomic E-state index is 11.1. The molecule has 58 valence electrons. The molecule has 1 aliphatic rings. The molecule has 1 aliphatic heterocycles. The van der Waals surface area contributed by atoms with E-state index >= 15 is 0 Å². The molecule has 0 spiro atoms. The smallest absolute Gasteiger partial charge is 0.176 e. The molecule has 0 amide bonds. The number of carbonyl (C=O) groups excluding carboxylic acids is 1. The number of carbonyl (C=O) groups is 1. The van der Waals surface area contributed by atoms with Crippen molar-refractivity contribution in [2.24, 2.45) is 0 Å². The summed E-state index contributed by atoms with van der Waals surface area (Å²) in [6.45, 7) is 3.83. The Kier molecular flexibility index (Phi) is 2.36. The lowest BCUT2D eigenvalue weighted by Gasteiger charge is -2.04.